The first kappa shape index (κ1) is 10.9. The molecule has 1 aliphatic heterocycles. The van der Waals surface area contributed by atoms with Crippen LogP contribution in [0, 0.1) is 5.41 Å². The molecule has 2 nitrogen and oxygen atoms in total. The van der Waals surface area contributed by atoms with E-state index in [-0.39, 0.29) is 0 Å². The number of anilines is 1. The Bertz CT molecular complexity index is 409. The standard InChI is InChI=1S/C15H21NO/c1-15(8-4-9-15)11-17-13-7-2-5-12-6-3-10-16-14(12)13/h2,5,7,16H,3-4,6,8-11H2,1H3. The Morgan fingerprint density at radius 2 is 2.18 bits per heavy atom. The van der Waals surface area contributed by atoms with Crippen molar-refractivity contribution in [2.45, 2.75) is 39.0 Å². The Hall–Kier alpha value is -1.18. The third-order valence-electron chi connectivity index (χ3n) is 4.17. The third-order valence-corrected chi connectivity index (χ3v) is 4.17. The Balaban J connectivity index is 1.74. The van der Waals surface area contributed by atoms with Crippen molar-refractivity contribution in [1.82, 2.24) is 0 Å². The topological polar surface area (TPSA) is 21.3 Å². The van der Waals surface area contributed by atoms with E-state index >= 15 is 0 Å². The molecule has 17 heavy (non-hydrogen) atoms. The summed E-state index contributed by atoms with van der Waals surface area (Å²) in [5, 5.41) is 3.48. The van der Waals surface area contributed by atoms with Crippen LogP contribution in [0.15, 0.2) is 18.2 Å². The van der Waals surface area contributed by atoms with Crippen molar-refractivity contribution >= 4 is 5.69 Å². The van der Waals surface area contributed by atoms with Gasteiger partial charge in [0.05, 0.1) is 12.3 Å². The fraction of sp³-hybridized carbons (Fsp3) is 0.600. The molecule has 0 spiro atoms. The van der Waals surface area contributed by atoms with Gasteiger partial charge in [-0.15, -0.1) is 0 Å². The summed E-state index contributed by atoms with van der Waals surface area (Å²) >= 11 is 0. The van der Waals surface area contributed by atoms with Crippen molar-refractivity contribution < 1.29 is 4.74 Å². The van der Waals surface area contributed by atoms with Gasteiger partial charge in [0, 0.05) is 12.0 Å². The van der Waals surface area contributed by atoms with Crippen molar-refractivity contribution in [3.05, 3.63) is 23.8 Å². The number of rotatable bonds is 3. The van der Waals surface area contributed by atoms with E-state index < -0.39 is 0 Å². The number of hydrogen-bond acceptors (Lipinski definition) is 2. The summed E-state index contributed by atoms with van der Waals surface area (Å²) in [6, 6.07) is 6.42. The molecule has 3 rings (SSSR count). The van der Waals surface area contributed by atoms with E-state index in [2.05, 4.69) is 30.4 Å². The number of hydrogen-bond donors (Lipinski definition) is 1. The third kappa shape index (κ3) is 2.13. The molecule has 0 saturated heterocycles. The van der Waals surface area contributed by atoms with Crippen LogP contribution in [0.5, 0.6) is 5.75 Å². The Morgan fingerprint density at radius 3 is 2.94 bits per heavy atom. The van der Waals surface area contributed by atoms with E-state index in [0.717, 1.165) is 18.9 Å². The number of aryl methyl sites for hydroxylation is 1. The smallest absolute Gasteiger partial charge is 0.142 e. The Kier molecular flexibility index (Phi) is 2.73. The number of nitrogens with one attached hydrogen (secondary N) is 1. The van der Waals surface area contributed by atoms with Crippen LogP contribution in [0.4, 0.5) is 5.69 Å². The number of ether oxygens (including phenoxy) is 1. The van der Waals surface area contributed by atoms with Gasteiger partial charge in [0.15, 0.2) is 0 Å². The molecule has 0 bridgehead atoms. The summed E-state index contributed by atoms with van der Waals surface area (Å²) in [4.78, 5) is 0. The van der Waals surface area contributed by atoms with Crippen LogP contribution in [-0.2, 0) is 6.42 Å². The number of fused-ring (bicyclic) bond motifs is 1. The van der Waals surface area contributed by atoms with Crippen LogP contribution in [0.25, 0.3) is 0 Å². The van der Waals surface area contributed by atoms with Gasteiger partial charge in [-0.2, -0.15) is 0 Å². The van der Waals surface area contributed by atoms with Gasteiger partial charge < -0.3 is 10.1 Å². The van der Waals surface area contributed by atoms with E-state index in [1.807, 2.05) is 0 Å². The summed E-state index contributed by atoms with van der Waals surface area (Å²) in [5.41, 5.74) is 3.08. The monoisotopic (exact) mass is 231 g/mol. The minimum Gasteiger partial charge on any atom is -0.491 e. The number of benzene rings is 1. The molecule has 1 fully saturated rings. The van der Waals surface area contributed by atoms with E-state index in [1.165, 1.54) is 43.4 Å². The van der Waals surface area contributed by atoms with Crippen LogP contribution in [0.2, 0.25) is 0 Å². The van der Waals surface area contributed by atoms with Gasteiger partial charge in [0.25, 0.3) is 0 Å². The molecule has 92 valence electrons. The maximum Gasteiger partial charge on any atom is 0.142 e. The molecule has 2 aliphatic rings. The molecule has 0 unspecified atom stereocenters. The minimum atomic E-state index is 0.428. The molecule has 0 amide bonds. The molecule has 1 aromatic rings. The summed E-state index contributed by atoms with van der Waals surface area (Å²) in [6.07, 6.45) is 6.40. The lowest BCUT2D eigenvalue weighted by Crippen LogP contribution is -2.32. The summed E-state index contributed by atoms with van der Waals surface area (Å²) in [6.45, 7) is 4.27. The Morgan fingerprint density at radius 1 is 1.29 bits per heavy atom. The fourth-order valence-electron chi connectivity index (χ4n) is 2.77. The van der Waals surface area contributed by atoms with Crippen LogP contribution in [0.1, 0.15) is 38.2 Å². The highest BCUT2D eigenvalue weighted by atomic mass is 16.5. The molecule has 1 N–H and O–H groups in total. The van der Waals surface area contributed by atoms with E-state index in [4.69, 9.17) is 4.74 Å². The van der Waals surface area contributed by atoms with Crippen LogP contribution in [0.3, 0.4) is 0 Å². The average Bonchev–Trinajstić information content (AvgIpc) is 2.34. The normalized spacial score (nSPS) is 21.0. The summed E-state index contributed by atoms with van der Waals surface area (Å²) < 4.78 is 6.05. The van der Waals surface area contributed by atoms with Crippen molar-refractivity contribution in [2.24, 2.45) is 5.41 Å². The maximum absolute atomic E-state index is 6.05. The zero-order valence-electron chi connectivity index (χ0n) is 10.6. The van der Waals surface area contributed by atoms with Gasteiger partial charge in [-0.1, -0.05) is 25.5 Å². The van der Waals surface area contributed by atoms with E-state index in [1.54, 1.807) is 0 Å². The van der Waals surface area contributed by atoms with Crippen molar-refractivity contribution in [2.75, 3.05) is 18.5 Å². The van der Waals surface area contributed by atoms with Crippen LogP contribution >= 0.6 is 0 Å². The van der Waals surface area contributed by atoms with Gasteiger partial charge >= 0.3 is 0 Å². The minimum absolute atomic E-state index is 0.428. The molecular formula is C15H21NO. The lowest BCUT2D eigenvalue weighted by molar-refractivity contribution is 0.0779. The molecule has 0 aromatic heterocycles. The second-order valence-corrected chi connectivity index (χ2v) is 5.77. The van der Waals surface area contributed by atoms with Crippen molar-refractivity contribution in [3.63, 3.8) is 0 Å². The predicted molar refractivity (Wildman–Crippen MR) is 70.7 cm³/mol. The largest absolute Gasteiger partial charge is 0.491 e. The molecule has 1 aromatic carbocycles. The van der Waals surface area contributed by atoms with Gasteiger partial charge in [-0.3, -0.25) is 0 Å². The average molecular weight is 231 g/mol. The van der Waals surface area contributed by atoms with E-state index in [9.17, 15) is 0 Å². The lowest BCUT2D eigenvalue weighted by atomic mass is 9.71. The first-order valence-electron chi connectivity index (χ1n) is 6.75. The second kappa shape index (κ2) is 4.25. The van der Waals surface area contributed by atoms with Gasteiger partial charge in [0.1, 0.15) is 5.75 Å². The summed E-state index contributed by atoms with van der Waals surface area (Å²) in [7, 11) is 0. The fourth-order valence-corrected chi connectivity index (χ4v) is 2.77. The second-order valence-electron chi connectivity index (χ2n) is 5.77. The maximum atomic E-state index is 6.05. The summed E-state index contributed by atoms with van der Waals surface area (Å²) in [5.74, 6) is 1.05. The Labute approximate surface area is 103 Å². The molecule has 1 aliphatic carbocycles. The highest BCUT2D eigenvalue weighted by molar-refractivity contribution is 5.63. The molecule has 1 saturated carbocycles. The van der Waals surface area contributed by atoms with E-state index in [0.29, 0.717) is 5.41 Å². The molecular weight excluding hydrogens is 210 g/mol. The van der Waals surface area contributed by atoms with Crippen molar-refractivity contribution in [3.8, 4) is 5.75 Å². The SMILES string of the molecule is CC1(COc2cccc3c2NCCC3)CCC1. The molecule has 0 radical (unpaired) electrons. The van der Waals surface area contributed by atoms with Gasteiger partial charge in [0.2, 0.25) is 0 Å². The molecule has 0 atom stereocenters. The molecule has 2 heteroatoms. The molecule has 1 heterocycles. The predicted octanol–water partition coefficient (Wildman–Crippen LogP) is 3.61. The quantitative estimate of drug-likeness (QED) is 0.858. The zero-order chi connectivity index (χ0) is 11.7. The lowest BCUT2D eigenvalue weighted by Gasteiger charge is -2.38. The highest BCUT2D eigenvalue weighted by Crippen LogP contribution is 2.41. The first-order chi connectivity index (χ1) is 8.27. The van der Waals surface area contributed by atoms with Gasteiger partial charge in [-0.05, 0) is 37.3 Å². The number of para-hydroxylation sites is 1. The zero-order valence-corrected chi connectivity index (χ0v) is 10.6. The van der Waals surface area contributed by atoms with Gasteiger partial charge in [-0.25, -0.2) is 0 Å². The van der Waals surface area contributed by atoms with Crippen LogP contribution < -0.4 is 10.1 Å². The highest BCUT2D eigenvalue weighted by Gasteiger charge is 2.32. The van der Waals surface area contributed by atoms with Crippen molar-refractivity contribution in [1.29, 1.82) is 0 Å². The first-order valence-corrected chi connectivity index (χ1v) is 6.75. The van der Waals surface area contributed by atoms with Crippen LogP contribution in [-0.4, -0.2) is 13.2 Å².